The number of para-hydroxylation sites is 1. The van der Waals surface area contributed by atoms with Crippen molar-refractivity contribution in [3.05, 3.63) is 48.3 Å². The van der Waals surface area contributed by atoms with Crippen molar-refractivity contribution >= 4 is 28.3 Å². The largest absolute Gasteiger partial charge is 0.368 e. The molecule has 4 rings (SSSR count). The van der Waals surface area contributed by atoms with Crippen LogP contribution >= 0.6 is 0 Å². The van der Waals surface area contributed by atoms with Crippen molar-refractivity contribution in [2.75, 3.05) is 17.2 Å². The Balaban J connectivity index is 1.70. The van der Waals surface area contributed by atoms with Gasteiger partial charge in [0, 0.05) is 18.1 Å². The summed E-state index contributed by atoms with van der Waals surface area (Å²) < 4.78 is 1.81. The number of aromatic nitrogens is 3. The number of nitrogens with zero attached hydrogens (tertiary/aromatic N) is 3. The Hall–Kier alpha value is -2.89. The molecule has 1 aliphatic heterocycles. The fourth-order valence-corrected chi connectivity index (χ4v) is 2.58. The molecule has 1 aliphatic rings. The Bertz CT molecular complexity index is 834. The highest BCUT2D eigenvalue weighted by molar-refractivity contribution is 6.10. The van der Waals surface area contributed by atoms with Crippen LogP contribution in [-0.4, -0.2) is 27.2 Å². The third kappa shape index (κ3) is 1.92. The van der Waals surface area contributed by atoms with Crippen LogP contribution in [-0.2, 0) is 6.54 Å². The predicted octanol–water partition coefficient (Wildman–Crippen LogP) is 2.11. The van der Waals surface area contributed by atoms with Crippen LogP contribution in [0.2, 0.25) is 0 Å². The fourth-order valence-electron chi connectivity index (χ4n) is 2.58. The molecular formula is C15H13N5O. The molecule has 0 unspecified atom stereocenters. The first-order valence-electron chi connectivity index (χ1n) is 6.78. The first-order chi connectivity index (χ1) is 10.3. The van der Waals surface area contributed by atoms with Crippen LogP contribution in [0.15, 0.2) is 42.7 Å². The molecule has 0 atom stereocenters. The lowest BCUT2D eigenvalue weighted by Crippen LogP contribution is -2.13. The number of nitrogens with one attached hydrogen (secondary N) is 2. The molecule has 0 bridgehead atoms. The second-order valence-corrected chi connectivity index (χ2v) is 4.89. The molecule has 3 aromatic rings. The minimum Gasteiger partial charge on any atom is -0.368 e. The zero-order valence-electron chi connectivity index (χ0n) is 11.2. The summed E-state index contributed by atoms with van der Waals surface area (Å²) in [5.74, 6) is 0.618. The second-order valence-electron chi connectivity index (χ2n) is 4.89. The van der Waals surface area contributed by atoms with Crippen LogP contribution < -0.4 is 10.6 Å². The number of pyridine rings is 1. The maximum atomic E-state index is 12.5. The Kier molecular flexibility index (Phi) is 2.60. The third-order valence-corrected chi connectivity index (χ3v) is 3.60. The minimum atomic E-state index is -0.165. The number of anilines is 2. The molecule has 6 heteroatoms. The monoisotopic (exact) mass is 279 g/mol. The molecular weight excluding hydrogens is 266 g/mol. The zero-order chi connectivity index (χ0) is 14.2. The molecule has 0 radical (unpaired) electrons. The number of rotatable bonds is 2. The molecule has 0 aliphatic carbocycles. The zero-order valence-corrected chi connectivity index (χ0v) is 11.2. The lowest BCUT2D eigenvalue weighted by atomic mass is 10.2. The molecule has 0 saturated heterocycles. The van der Waals surface area contributed by atoms with Gasteiger partial charge in [-0.2, -0.15) is 5.10 Å². The van der Waals surface area contributed by atoms with Gasteiger partial charge in [0.15, 0.2) is 0 Å². The molecule has 0 spiro atoms. The molecule has 0 fully saturated rings. The van der Waals surface area contributed by atoms with Gasteiger partial charge in [-0.25, -0.2) is 4.68 Å². The van der Waals surface area contributed by atoms with E-state index in [2.05, 4.69) is 20.7 Å². The number of amides is 1. The number of benzene rings is 1. The van der Waals surface area contributed by atoms with Crippen molar-refractivity contribution in [3.8, 4) is 0 Å². The summed E-state index contributed by atoms with van der Waals surface area (Å²) in [5, 5.41) is 11.2. The first kappa shape index (κ1) is 11.9. The van der Waals surface area contributed by atoms with E-state index >= 15 is 0 Å². The maximum Gasteiger partial charge on any atom is 0.261 e. The van der Waals surface area contributed by atoms with E-state index in [4.69, 9.17) is 0 Å². The number of hydrogen-bond acceptors (Lipinski definition) is 4. The van der Waals surface area contributed by atoms with E-state index in [-0.39, 0.29) is 5.91 Å². The molecule has 1 aromatic carbocycles. The van der Waals surface area contributed by atoms with Crippen molar-refractivity contribution in [2.45, 2.75) is 6.54 Å². The summed E-state index contributed by atoms with van der Waals surface area (Å²) in [7, 11) is 0. The van der Waals surface area contributed by atoms with E-state index in [1.165, 1.54) is 0 Å². The molecule has 21 heavy (non-hydrogen) atoms. The molecule has 2 aromatic heterocycles. The highest BCUT2D eigenvalue weighted by Gasteiger charge is 2.21. The molecule has 2 N–H and O–H groups in total. The average molecular weight is 279 g/mol. The van der Waals surface area contributed by atoms with Gasteiger partial charge in [0.05, 0.1) is 23.9 Å². The third-order valence-electron chi connectivity index (χ3n) is 3.60. The topological polar surface area (TPSA) is 71.8 Å². The van der Waals surface area contributed by atoms with Crippen LogP contribution in [0.4, 0.5) is 11.5 Å². The summed E-state index contributed by atoms with van der Waals surface area (Å²) in [6.45, 7) is 1.60. The first-order valence-corrected chi connectivity index (χ1v) is 6.78. The summed E-state index contributed by atoms with van der Waals surface area (Å²) in [5.41, 5.74) is 2.17. The molecule has 104 valence electrons. The fraction of sp³-hybridized carbons (Fsp3) is 0.133. The van der Waals surface area contributed by atoms with E-state index in [9.17, 15) is 4.79 Å². The number of carbonyl (C=O) groups excluding carboxylic acids is 1. The van der Waals surface area contributed by atoms with E-state index in [1.807, 2.05) is 24.3 Å². The Morgan fingerprint density at radius 1 is 1.29 bits per heavy atom. The quantitative estimate of drug-likeness (QED) is 0.753. The number of hydrogen-bond donors (Lipinski definition) is 2. The highest BCUT2D eigenvalue weighted by atomic mass is 16.1. The van der Waals surface area contributed by atoms with Gasteiger partial charge in [-0.05, 0) is 12.1 Å². The van der Waals surface area contributed by atoms with E-state index < -0.39 is 0 Å². The van der Waals surface area contributed by atoms with Crippen LogP contribution in [0.5, 0.6) is 0 Å². The summed E-state index contributed by atoms with van der Waals surface area (Å²) in [6, 6.07) is 9.52. The van der Waals surface area contributed by atoms with Crippen molar-refractivity contribution < 1.29 is 4.79 Å². The summed E-state index contributed by atoms with van der Waals surface area (Å²) >= 11 is 0. The predicted molar refractivity (Wildman–Crippen MR) is 80.4 cm³/mol. The van der Waals surface area contributed by atoms with Gasteiger partial charge in [0.1, 0.15) is 11.4 Å². The summed E-state index contributed by atoms with van der Waals surface area (Å²) in [4.78, 5) is 16.7. The highest BCUT2D eigenvalue weighted by Crippen LogP contribution is 2.24. The van der Waals surface area contributed by atoms with Gasteiger partial charge >= 0.3 is 0 Å². The van der Waals surface area contributed by atoms with Crippen molar-refractivity contribution in [1.29, 1.82) is 0 Å². The van der Waals surface area contributed by atoms with Crippen LogP contribution in [0.25, 0.3) is 10.9 Å². The summed E-state index contributed by atoms with van der Waals surface area (Å²) in [6.07, 6.45) is 3.29. The van der Waals surface area contributed by atoms with Gasteiger partial charge < -0.3 is 10.6 Å². The van der Waals surface area contributed by atoms with E-state index in [0.29, 0.717) is 5.56 Å². The molecule has 0 saturated carbocycles. The van der Waals surface area contributed by atoms with E-state index in [0.717, 1.165) is 35.5 Å². The Morgan fingerprint density at radius 2 is 2.19 bits per heavy atom. The number of carbonyl (C=O) groups is 1. The van der Waals surface area contributed by atoms with Crippen molar-refractivity contribution in [1.82, 2.24) is 14.8 Å². The normalized spacial score (nSPS) is 13.0. The van der Waals surface area contributed by atoms with Crippen LogP contribution in [0, 0.1) is 0 Å². The van der Waals surface area contributed by atoms with Gasteiger partial charge in [-0.1, -0.05) is 18.2 Å². The minimum absolute atomic E-state index is 0.165. The van der Waals surface area contributed by atoms with Crippen molar-refractivity contribution in [3.63, 3.8) is 0 Å². The lowest BCUT2D eigenvalue weighted by Gasteiger charge is -2.08. The van der Waals surface area contributed by atoms with Crippen LogP contribution in [0.3, 0.4) is 0 Å². The van der Waals surface area contributed by atoms with Crippen molar-refractivity contribution in [2.24, 2.45) is 0 Å². The van der Waals surface area contributed by atoms with Gasteiger partial charge in [-0.3, -0.25) is 9.78 Å². The Labute approximate surface area is 120 Å². The molecule has 3 heterocycles. The average Bonchev–Trinajstić information content (AvgIpc) is 3.10. The molecule has 6 nitrogen and oxygen atoms in total. The second kappa shape index (κ2) is 4.59. The molecule has 1 amide bonds. The smallest absolute Gasteiger partial charge is 0.261 e. The maximum absolute atomic E-state index is 12.5. The van der Waals surface area contributed by atoms with Gasteiger partial charge in [0.25, 0.3) is 5.91 Å². The Morgan fingerprint density at radius 3 is 3.14 bits per heavy atom. The standard InChI is InChI=1S/C15H13N5O/c21-15(11-9-18-20-8-7-17-14(11)20)19-13-5-6-16-12-4-2-1-3-10(12)13/h1-6,9,17H,7-8H2,(H,16,19,21). The number of fused-ring (bicyclic) bond motifs is 2. The lowest BCUT2D eigenvalue weighted by molar-refractivity contribution is 0.102. The van der Waals surface area contributed by atoms with Crippen LogP contribution in [0.1, 0.15) is 10.4 Å². The van der Waals surface area contributed by atoms with E-state index in [1.54, 1.807) is 23.1 Å². The van der Waals surface area contributed by atoms with Gasteiger partial charge in [-0.15, -0.1) is 0 Å². The SMILES string of the molecule is O=C(Nc1ccnc2ccccc12)c1cnn2c1NCC2. The van der Waals surface area contributed by atoms with Gasteiger partial charge in [0.2, 0.25) is 0 Å².